The third-order valence-electron chi connectivity index (χ3n) is 4.68. The van der Waals surface area contributed by atoms with Gasteiger partial charge in [0.2, 0.25) is 0 Å². The van der Waals surface area contributed by atoms with E-state index in [0.29, 0.717) is 5.56 Å². The quantitative estimate of drug-likeness (QED) is 0.620. The standard InChI is InChI=1S/C15H25FN4/c1-3-20(4-2)15(8-5-6-9-15)14(19-17)12-7-10-18-11-13(12)16/h7,10-11,14,19H,3-6,8-9,17H2,1-2H3. The molecule has 1 fully saturated rings. The molecule has 20 heavy (non-hydrogen) atoms. The molecule has 1 atom stereocenters. The number of aromatic nitrogens is 1. The highest BCUT2D eigenvalue weighted by Gasteiger charge is 2.46. The molecule has 0 bridgehead atoms. The van der Waals surface area contributed by atoms with E-state index < -0.39 is 0 Å². The van der Waals surface area contributed by atoms with Crippen LogP contribution in [0.15, 0.2) is 18.5 Å². The molecular weight excluding hydrogens is 255 g/mol. The molecule has 1 aromatic rings. The highest BCUT2D eigenvalue weighted by atomic mass is 19.1. The second-order valence-electron chi connectivity index (χ2n) is 5.48. The second kappa shape index (κ2) is 6.61. The third kappa shape index (κ3) is 2.57. The van der Waals surface area contributed by atoms with Crippen LogP contribution in [0.1, 0.15) is 51.1 Å². The Hall–Kier alpha value is -1.04. The summed E-state index contributed by atoms with van der Waals surface area (Å²) in [6, 6.07) is 1.54. The summed E-state index contributed by atoms with van der Waals surface area (Å²) in [6.45, 7) is 6.20. The molecule has 1 heterocycles. The maximum Gasteiger partial charge on any atom is 0.146 e. The Bertz CT molecular complexity index is 428. The smallest absolute Gasteiger partial charge is 0.146 e. The normalized spacial score (nSPS) is 19.4. The van der Waals surface area contributed by atoms with E-state index in [2.05, 4.69) is 29.2 Å². The third-order valence-corrected chi connectivity index (χ3v) is 4.68. The number of hydrogen-bond donors (Lipinski definition) is 2. The van der Waals surface area contributed by atoms with Crippen LogP contribution in [0.25, 0.3) is 0 Å². The van der Waals surface area contributed by atoms with Crippen molar-refractivity contribution in [2.75, 3.05) is 13.1 Å². The number of nitrogens with zero attached hydrogens (tertiary/aromatic N) is 2. The van der Waals surface area contributed by atoms with Gasteiger partial charge in [-0.1, -0.05) is 26.7 Å². The Balaban J connectivity index is 2.43. The highest BCUT2D eigenvalue weighted by molar-refractivity contribution is 5.23. The fraction of sp³-hybridized carbons (Fsp3) is 0.667. The van der Waals surface area contributed by atoms with Crippen molar-refractivity contribution < 1.29 is 4.39 Å². The first-order valence-corrected chi connectivity index (χ1v) is 7.50. The molecule has 1 saturated carbocycles. The molecule has 0 saturated heterocycles. The molecule has 1 aliphatic rings. The molecule has 0 radical (unpaired) electrons. The van der Waals surface area contributed by atoms with Crippen molar-refractivity contribution in [2.45, 2.75) is 51.1 Å². The van der Waals surface area contributed by atoms with E-state index >= 15 is 0 Å². The van der Waals surface area contributed by atoms with Crippen LogP contribution in [0.5, 0.6) is 0 Å². The van der Waals surface area contributed by atoms with Gasteiger partial charge in [0.15, 0.2) is 0 Å². The summed E-state index contributed by atoms with van der Waals surface area (Å²) in [6.07, 6.45) is 7.33. The van der Waals surface area contributed by atoms with E-state index in [0.717, 1.165) is 25.9 Å². The van der Waals surface area contributed by atoms with Gasteiger partial charge in [0.25, 0.3) is 0 Å². The number of rotatable bonds is 6. The zero-order valence-corrected chi connectivity index (χ0v) is 12.4. The summed E-state index contributed by atoms with van der Waals surface area (Å²) in [5, 5.41) is 0. The van der Waals surface area contributed by atoms with Gasteiger partial charge in [0.1, 0.15) is 5.82 Å². The van der Waals surface area contributed by atoms with Crippen LogP contribution < -0.4 is 11.3 Å². The highest BCUT2D eigenvalue weighted by Crippen LogP contribution is 2.44. The molecule has 5 heteroatoms. The van der Waals surface area contributed by atoms with Gasteiger partial charge in [-0.2, -0.15) is 0 Å². The van der Waals surface area contributed by atoms with Gasteiger partial charge < -0.3 is 0 Å². The minimum atomic E-state index is -0.283. The molecule has 1 aromatic heterocycles. The minimum absolute atomic E-state index is 0.0968. The van der Waals surface area contributed by atoms with Crippen molar-refractivity contribution >= 4 is 0 Å². The number of pyridine rings is 1. The van der Waals surface area contributed by atoms with Gasteiger partial charge in [-0.3, -0.25) is 21.2 Å². The molecule has 2 rings (SSSR count). The average molecular weight is 280 g/mol. The fourth-order valence-electron chi connectivity index (χ4n) is 3.78. The predicted octanol–water partition coefficient (Wildman–Crippen LogP) is 2.38. The van der Waals surface area contributed by atoms with Gasteiger partial charge in [-0.15, -0.1) is 0 Å². The van der Waals surface area contributed by atoms with Crippen LogP contribution >= 0.6 is 0 Å². The average Bonchev–Trinajstić information content (AvgIpc) is 2.93. The first-order chi connectivity index (χ1) is 9.69. The lowest BCUT2D eigenvalue weighted by Gasteiger charge is -2.46. The zero-order valence-electron chi connectivity index (χ0n) is 12.4. The van der Waals surface area contributed by atoms with Gasteiger partial charge >= 0.3 is 0 Å². The maximum absolute atomic E-state index is 14.1. The van der Waals surface area contributed by atoms with E-state index in [9.17, 15) is 4.39 Å². The molecule has 0 aliphatic heterocycles. The topological polar surface area (TPSA) is 54.2 Å². The summed E-state index contributed by atoms with van der Waals surface area (Å²) in [5.74, 6) is 5.54. The first kappa shape index (κ1) is 15.4. The van der Waals surface area contributed by atoms with E-state index in [1.165, 1.54) is 19.0 Å². The number of likely N-dealkylation sites (N-methyl/N-ethyl adjacent to an activating group) is 1. The van der Waals surface area contributed by atoms with E-state index in [1.807, 2.05) is 0 Å². The van der Waals surface area contributed by atoms with Crippen molar-refractivity contribution in [3.05, 3.63) is 29.8 Å². The molecular formula is C15H25FN4. The molecule has 0 amide bonds. The Kier molecular flexibility index (Phi) is 5.07. The van der Waals surface area contributed by atoms with Gasteiger partial charge in [-0.25, -0.2) is 4.39 Å². The molecule has 4 nitrogen and oxygen atoms in total. The van der Waals surface area contributed by atoms with Crippen molar-refractivity contribution in [3.8, 4) is 0 Å². The van der Waals surface area contributed by atoms with Crippen molar-refractivity contribution in [2.24, 2.45) is 5.84 Å². The second-order valence-corrected chi connectivity index (χ2v) is 5.48. The van der Waals surface area contributed by atoms with Crippen molar-refractivity contribution in [1.82, 2.24) is 15.3 Å². The van der Waals surface area contributed by atoms with Crippen LogP contribution in [0.4, 0.5) is 4.39 Å². The van der Waals surface area contributed by atoms with Crippen LogP contribution in [0.2, 0.25) is 0 Å². The lowest BCUT2D eigenvalue weighted by Crippen LogP contribution is -2.56. The predicted molar refractivity (Wildman–Crippen MR) is 78.4 cm³/mol. The number of hydrazine groups is 1. The van der Waals surface area contributed by atoms with Crippen LogP contribution in [0.3, 0.4) is 0 Å². The van der Waals surface area contributed by atoms with E-state index in [4.69, 9.17) is 5.84 Å². The Morgan fingerprint density at radius 2 is 2.05 bits per heavy atom. The number of nitrogens with one attached hydrogen (secondary N) is 1. The fourth-order valence-corrected chi connectivity index (χ4v) is 3.78. The number of nitrogens with two attached hydrogens (primary N) is 1. The van der Waals surface area contributed by atoms with E-state index in [1.54, 1.807) is 12.3 Å². The Morgan fingerprint density at radius 1 is 1.40 bits per heavy atom. The molecule has 0 spiro atoms. The lowest BCUT2D eigenvalue weighted by atomic mass is 9.82. The SMILES string of the molecule is CCN(CC)C1(C(NN)c2ccncc2F)CCCC1. The van der Waals surface area contributed by atoms with Crippen LogP contribution in [0, 0.1) is 5.82 Å². The molecule has 1 aliphatic carbocycles. The molecule has 112 valence electrons. The van der Waals surface area contributed by atoms with Crippen molar-refractivity contribution in [1.29, 1.82) is 0 Å². The zero-order chi connectivity index (χ0) is 14.6. The summed E-state index contributed by atoms with van der Waals surface area (Å²) in [7, 11) is 0. The van der Waals surface area contributed by atoms with Gasteiger partial charge in [0.05, 0.1) is 12.2 Å². The molecule has 1 unspecified atom stereocenters. The molecule has 3 N–H and O–H groups in total. The largest absolute Gasteiger partial charge is 0.296 e. The maximum atomic E-state index is 14.1. The summed E-state index contributed by atoms with van der Waals surface area (Å²) >= 11 is 0. The number of halogens is 1. The van der Waals surface area contributed by atoms with Gasteiger partial charge in [-0.05, 0) is 32.0 Å². The summed E-state index contributed by atoms with van der Waals surface area (Å²) < 4.78 is 14.1. The first-order valence-electron chi connectivity index (χ1n) is 7.50. The Labute approximate surface area is 120 Å². The van der Waals surface area contributed by atoms with Gasteiger partial charge in [0, 0.05) is 17.3 Å². The lowest BCUT2D eigenvalue weighted by molar-refractivity contribution is 0.0612. The summed E-state index contributed by atoms with van der Waals surface area (Å²) in [4.78, 5) is 6.26. The summed E-state index contributed by atoms with van der Waals surface area (Å²) in [5.41, 5.74) is 3.41. The monoisotopic (exact) mass is 280 g/mol. The Morgan fingerprint density at radius 3 is 2.55 bits per heavy atom. The molecule has 0 aromatic carbocycles. The van der Waals surface area contributed by atoms with Crippen LogP contribution in [-0.2, 0) is 0 Å². The minimum Gasteiger partial charge on any atom is -0.296 e. The van der Waals surface area contributed by atoms with Crippen LogP contribution in [-0.4, -0.2) is 28.5 Å². The number of hydrogen-bond acceptors (Lipinski definition) is 4. The van der Waals surface area contributed by atoms with Crippen molar-refractivity contribution in [3.63, 3.8) is 0 Å². The van der Waals surface area contributed by atoms with E-state index in [-0.39, 0.29) is 17.4 Å².